The van der Waals surface area contributed by atoms with E-state index in [-0.39, 0.29) is 5.69 Å². The Bertz CT molecular complexity index is 861. The van der Waals surface area contributed by atoms with Crippen molar-refractivity contribution in [3.63, 3.8) is 0 Å². The number of hydrogen-bond acceptors (Lipinski definition) is 3. The van der Waals surface area contributed by atoms with Gasteiger partial charge in [0.25, 0.3) is 5.91 Å². The Labute approximate surface area is 136 Å². The van der Waals surface area contributed by atoms with E-state index in [0.29, 0.717) is 22.2 Å². The molecular weight excluding hydrogens is 325 g/mol. The van der Waals surface area contributed by atoms with Gasteiger partial charge in [-0.2, -0.15) is 0 Å². The van der Waals surface area contributed by atoms with Gasteiger partial charge in [0, 0.05) is 18.1 Å². The molecule has 112 valence electrons. The summed E-state index contributed by atoms with van der Waals surface area (Å²) < 4.78 is 1.89. The van der Waals surface area contributed by atoms with Crippen LogP contribution in [0.15, 0.2) is 42.6 Å². The van der Waals surface area contributed by atoms with Gasteiger partial charge in [0.15, 0.2) is 0 Å². The first-order chi connectivity index (χ1) is 10.6. The highest BCUT2D eigenvalue weighted by molar-refractivity contribution is 6.42. The molecule has 0 bridgehead atoms. The Kier molecular flexibility index (Phi) is 4.02. The number of rotatable bonds is 3. The number of hydroxylamine groups is 1. The maximum absolute atomic E-state index is 11.5. The first kappa shape index (κ1) is 14.8. The van der Waals surface area contributed by atoms with E-state index in [1.165, 1.54) is 0 Å². The topological polar surface area (TPSA) is 67.2 Å². The van der Waals surface area contributed by atoms with E-state index in [1.807, 2.05) is 22.9 Å². The summed E-state index contributed by atoms with van der Waals surface area (Å²) >= 11 is 11.9. The van der Waals surface area contributed by atoms with Gasteiger partial charge in [-0.1, -0.05) is 29.3 Å². The smallest absolute Gasteiger partial charge is 0.293 e. The lowest BCUT2D eigenvalue weighted by molar-refractivity contribution is 0.0701. The van der Waals surface area contributed by atoms with Crippen molar-refractivity contribution in [2.24, 2.45) is 0 Å². The Morgan fingerprint density at radius 1 is 1.18 bits per heavy atom. The van der Waals surface area contributed by atoms with Gasteiger partial charge < -0.3 is 4.57 Å². The standard InChI is InChI=1S/C15H11Cl2N3O2/c16-11-3-1-9(7-12(11)17)8-20-6-5-10-2-4-13(15(21)19-22)18-14(10)20/h1-7,22H,8H2,(H,19,21). The largest absolute Gasteiger partial charge is 0.328 e. The molecule has 22 heavy (non-hydrogen) atoms. The minimum atomic E-state index is -0.649. The van der Waals surface area contributed by atoms with Crippen molar-refractivity contribution < 1.29 is 10.0 Å². The molecule has 0 atom stereocenters. The molecule has 0 unspecified atom stereocenters. The quantitative estimate of drug-likeness (QED) is 0.568. The number of fused-ring (bicyclic) bond motifs is 1. The molecule has 0 spiro atoms. The zero-order valence-electron chi connectivity index (χ0n) is 11.3. The normalized spacial score (nSPS) is 10.9. The summed E-state index contributed by atoms with van der Waals surface area (Å²) in [5.41, 5.74) is 3.33. The first-order valence-corrected chi connectivity index (χ1v) is 7.18. The fourth-order valence-electron chi connectivity index (χ4n) is 2.21. The van der Waals surface area contributed by atoms with Gasteiger partial charge in [0.05, 0.1) is 10.0 Å². The summed E-state index contributed by atoms with van der Waals surface area (Å²) in [6.45, 7) is 0.539. The zero-order chi connectivity index (χ0) is 15.7. The van der Waals surface area contributed by atoms with E-state index in [0.717, 1.165) is 10.9 Å². The third-order valence-electron chi connectivity index (χ3n) is 3.28. The molecule has 1 aromatic carbocycles. The molecule has 3 aromatic rings. The molecule has 7 heteroatoms. The number of carbonyl (C=O) groups is 1. The molecule has 0 saturated heterocycles. The van der Waals surface area contributed by atoms with Gasteiger partial charge in [-0.3, -0.25) is 10.0 Å². The number of amides is 1. The summed E-state index contributed by atoms with van der Waals surface area (Å²) in [5.74, 6) is -0.649. The Balaban J connectivity index is 1.99. The van der Waals surface area contributed by atoms with Crippen molar-refractivity contribution in [2.75, 3.05) is 0 Å². The van der Waals surface area contributed by atoms with Crippen molar-refractivity contribution in [2.45, 2.75) is 6.54 Å². The molecule has 0 aliphatic carbocycles. The fourth-order valence-corrected chi connectivity index (χ4v) is 2.53. The molecule has 3 rings (SSSR count). The van der Waals surface area contributed by atoms with Crippen molar-refractivity contribution in [1.82, 2.24) is 15.0 Å². The lowest BCUT2D eigenvalue weighted by Crippen LogP contribution is -2.20. The Morgan fingerprint density at radius 3 is 2.73 bits per heavy atom. The minimum Gasteiger partial charge on any atom is -0.328 e. The van der Waals surface area contributed by atoms with E-state index >= 15 is 0 Å². The third-order valence-corrected chi connectivity index (χ3v) is 4.02. The average molecular weight is 336 g/mol. The fraction of sp³-hybridized carbons (Fsp3) is 0.0667. The van der Waals surface area contributed by atoms with Gasteiger partial charge in [-0.25, -0.2) is 10.5 Å². The van der Waals surface area contributed by atoms with E-state index in [1.54, 1.807) is 29.7 Å². The molecule has 0 aliphatic rings. The molecule has 0 radical (unpaired) electrons. The van der Waals surface area contributed by atoms with E-state index in [9.17, 15) is 4.79 Å². The average Bonchev–Trinajstić information content (AvgIpc) is 2.92. The van der Waals surface area contributed by atoms with Crippen LogP contribution in [0.1, 0.15) is 16.1 Å². The molecule has 1 amide bonds. The number of benzene rings is 1. The van der Waals surface area contributed by atoms with Crippen LogP contribution >= 0.6 is 23.2 Å². The van der Waals surface area contributed by atoms with Gasteiger partial charge in [-0.05, 0) is 35.9 Å². The summed E-state index contributed by atoms with van der Waals surface area (Å²) in [6.07, 6.45) is 1.88. The van der Waals surface area contributed by atoms with Gasteiger partial charge in [0.2, 0.25) is 0 Å². The first-order valence-electron chi connectivity index (χ1n) is 6.43. The summed E-state index contributed by atoms with van der Waals surface area (Å²) in [7, 11) is 0. The van der Waals surface area contributed by atoms with Crippen LogP contribution in [0.4, 0.5) is 0 Å². The number of hydrogen-bond donors (Lipinski definition) is 2. The molecular formula is C15H11Cl2N3O2. The van der Waals surface area contributed by atoms with Crippen LogP contribution in [0.25, 0.3) is 11.0 Å². The molecule has 0 fully saturated rings. The molecule has 2 heterocycles. The summed E-state index contributed by atoms with van der Waals surface area (Å²) in [6, 6.07) is 10.6. The van der Waals surface area contributed by atoms with Gasteiger partial charge in [0.1, 0.15) is 11.3 Å². The summed E-state index contributed by atoms with van der Waals surface area (Å²) in [4.78, 5) is 15.7. The Morgan fingerprint density at radius 2 is 2.00 bits per heavy atom. The van der Waals surface area contributed by atoms with Gasteiger partial charge in [-0.15, -0.1) is 0 Å². The summed E-state index contributed by atoms with van der Waals surface area (Å²) in [5, 5.41) is 10.6. The monoisotopic (exact) mass is 335 g/mol. The number of pyridine rings is 1. The Hall–Kier alpha value is -2.08. The minimum absolute atomic E-state index is 0.143. The SMILES string of the molecule is O=C(NO)c1ccc2ccn(Cc3ccc(Cl)c(Cl)c3)c2n1. The molecule has 2 aromatic heterocycles. The second kappa shape index (κ2) is 5.96. The van der Waals surface area contributed by atoms with Gasteiger partial charge >= 0.3 is 0 Å². The number of aromatic nitrogens is 2. The van der Waals surface area contributed by atoms with E-state index in [2.05, 4.69) is 4.98 Å². The van der Waals surface area contributed by atoms with Crippen LogP contribution in [0, 0.1) is 0 Å². The molecule has 0 saturated carbocycles. The van der Waals surface area contributed by atoms with Crippen LogP contribution in [0.3, 0.4) is 0 Å². The van der Waals surface area contributed by atoms with Crippen LogP contribution in [-0.2, 0) is 6.54 Å². The lowest BCUT2D eigenvalue weighted by atomic mass is 10.2. The van der Waals surface area contributed by atoms with E-state index in [4.69, 9.17) is 28.4 Å². The number of nitrogens with zero attached hydrogens (tertiary/aromatic N) is 2. The van der Waals surface area contributed by atoms with Crippen LogP contribution < -0.4 is 5.48 Å². The number of halogens is 2. The lowest BCUT2D eigenvalue weighted by Gasteiger charge is -2.07. The zero-order valence-corrected chi connectivity index (χ0v) is 12.8. The molecule has 0 aliphatic heterocycles. The highest BCUT2D eigenvalue weighted by Gasteiger charge is 2.10. The highest BCUT2D eigenvalue weighted by Crippen LogP contribution is 2.24. The predicted molar refractivity (Wildman–Crippen MR) is 84.5 cm³/mol. The van der Waals surface area contributed by atoms with Crippen LogP contribution in [-0.4, -0.2) is 20.7 Å². The van der Waals surface area contributed by atoms with Crippen molar-refractivity contribution >= 4 is 40.1 Å². The number of carbonyl (C=O) groups excluding carboxylic acids is 1. The maximum atomic E-state index is 11.5. The van der Waals surface area contributed by atoms with Crippen LogP contribution in [0.2, 0.25) is 10.0 Å². The number of nitrogens with one attached hydrogen (secondary N) is 1. The second-order valence-corrected chi connectivity index (χ2v) is 5.56. The highest BCUT2D eigenvalue weighted by atomic mass is 35.5. The molecule has 2 N–H and O–H groups in total. The van der Waals surface area contributed by atoms with Crippen molar-refractivity contribution in [3.8, 4) is 0 Å². The van der Waals surface area contributed by atoms with Crippen molar-refractivity contribution in [1.29, 1.82) is 0 Å². The third kappa shape index (κ3) is 2.78. The maximum Gasteiger partial charge on any atom is 0.293 e. The van der Waals surface area contributed by atoms with E-state index < -0.39 is 5.91 Å². The second-order valence-electron chi connectivity index (χ2n) is 4.74. The van der Waals surface area contributed by atoms with Crippen molar-refractivity contribution in [3.05, 3.63) is 63.9 Å². The van der Waals surface area contributed by atoms with Crippen LogP contribution in [0.5, 0.6) is 0 Å². The predicted octanol–water partition coefficient (Wildman–Crippen LogP) is 3.51. The molecule has 5 nitrogen and oxygen atoms in total.